The predicted octanol–water partition coefficient (Wildman–Crippen LogP) is 1.91. The van der Waals surface area contributed by atoms with Crippen molar-refractivity contribution >= 4 is 5.69 Å². The molecule has 0 amide bonds. The Balaban J connectivity index is 2.04. The third-order valence-electron chi connectivity index (χ3n) is 2.56. The Morgan fingerprint density at radius 2 is 2.28 bits per heavy atom. The van der Waals surface area contributed by atoms with Crippen molar-refractivity contribution in [3.8, 4) is 11.9 Å². The second-order valence-electron chi connectivity index (χ2n) is 3.85. The predicted molar refractivity (Wildman–Crippen MR) is 68.2 cm³/mol. The normalized spacial score (nSPS) is 9.83. The highest BCUT2D eigenvalue weighted by Crippen LogP contribution is 2.14. The molecule has 2 aromatic rings. The topological polar surface area (TPSA) is 62.9 Å². The summed E-state index contributed by atoms with van der Waals surface area (Å²) in [6.45, 7) is 0.589. The lowest BCUT2D eigenvalue weighted by atomic mass is 10.2. The molecule has 0 aliphatic heterocycles. The van der Waals surface area contributed by atoms with Crippen LogP contribution in [0.1, 0.15) is 11.3 Å². The molecule has 0 radical (unpaired) electrons. The average Bonchev–Trinajstić information content (AvgIpc) is 2.77. The number of nitriles is 1. The van der Waals surface area contributed by atoms with E-state index in [1.54, 1.807) is 23.9 Å². The minimum Gasteiger partial charge on any atom is -0.481 e. The molecule has 92 valence electrons. The quantitative estimate of drug-likeness (QED) is 0.889. The number of aromatic nitrogens is 2. The Labute approximate surface area is 106 Å². The van der Waals surface area contributed by atoms with Gasteiger partial charge in [0.15, 0.2) is 0 Å². The summed E-state index contributed by atoms with van der Waals surface area (Å²) in [5, 5.41) is 16.3. The molecule has 5 nitrogen and oxygen atoms in total. The molecule has 0 aliphatic carbocycles. The molecule has 5 heteroatoms. The molecule has 0 atom stereocenters. The van der Waals surface area contributed by atoms with E-state index in [0.29, 0.717) is 12.1 Å². The van der Waals surface area contributed by atoms with E-state index in [0.717, 1.165) is 17.3 Å². The van der Waals surface area contributed by atoms with Crippen molar-refractivity contribution in [3.63, 3.8) is 0 Å². The summed E-state index contributed by atoms with van der Waals surface area (Å²) in [5.41, 5.74) is 2.42. The fourth-order valence-corrected chi connectivity index (χ4v) is 1.68. The van der Waals surface area contributed by atoms with E-state index in [4.69, 9.17) is 10.00 Å². The first-order valence-electron chi connectivity index (χ1n) is 5.54. The van der Waals surface area contributed by atoms with Crippen molar-refractivity contribution in [1.82, 2.24) is 9.78 Å². The number of rotatable bonds is 4. The molecule has 0 bridgehead atoms. The summed E-state index contributed by atoms with van der Waals surface area (Å²) in [4.78, 5) is 0. The van der Waals surface area contributed by atoms with Crippen LogP contribution in [0, 0.1) is 11.3 Å². The van der Waals surface area contributed by atoms with Crippen molar-refractivity contribution in [2.24, 2.45) is 7.05 Å². The molecule has 0 aliphatic rings. The highest BCUT2D eigenvalue weighted by Gasteiger charge is 2.04. The summed E-state index contributed by atoms with van der Waals surface area (Å²) in [5.74, 6) is 0.720. The Morgan fingerprint density at radius 3 is 2.94 bits per heavy atom. The van der Waals surface area contributed by atoms with E-state index in [2.05, 4.69) is 16.5 Å². The molecule has 1 N–H and O–H groups in total. The molecule has 0 saturated carbocycles. The third kappa shape index (κ3) is 2.61. The van der Waals surface area contributed by atoms with E-state index in [1.165, 1.54) is 0 Å². The van der Waals surface area contributed by atoms with E-state index >= 15 is 0 Å². The van der Waals surface area contributed by atoms with Crippen molar-refractivity contribution < 1.29 is 4.74 Å². The number of methoxy groups -OCH3 is 1. The number of hydrogen-bond acceptors (Lipinski definition) is 4. The lowest BCUT2D eigenvalue weighted by molar-refractivity contribution is 0.373. The minimum absolute atomic E-state index is 0.589. The van der Waals surface area contributed by atoms with Gasteiger partial charge in [0.05, 0.1) is 31.0 Å². The smallest absolute Gasteiger partial charge is 0.211 e. The zero-order valence-corrected chi connectivity index (χ0v) is 10.3. The van der Waals surface area contributed by atoms with Crippen LogP contribution in [0.4, 0.5) is 5.69 Å². The highest BCUT2D eigenvalue weighted by molar-refractivity contribution is 5.49. The Hall–Kier alpha value is -2.48. The van der Waals surface area contributed by atoms with Gasteiger partial charge in [0.25, 0.3) is 0 Å². The van der Waals surface area contributed by atoms with E-state index in [9.17, 15) is 0 Å². The lowest BCUT2D eigenvalue weighted by Crippen LogP contribution is -2.01. The van der Waals surface area contributed by atoms with Crippen LogP contribution in [0.3, 0.4) is 0 Å². The maximum absolute atomic E-state index is 8.81. The minimum atomic E-state index is 0.589. The van der Waals surface area contributed by atoms with Crippen LogP contribution >= 0.6 is 0 Å². The van der Waals surface area contributed by atoms with Crippen LogP contribution in [0.25, 0.3) is 0 Å². The Bertz CT molecular complexity index is 583. The number of aryl methyl sites for hydroxylation is 1. The zero-order chi connectivity index (χ0) is 13.0. The molecule has 0 saturated heterocycles. The van der Waals surface area contributed by atoms with Gasteiger partial charge in [-0.3, -0.25) is 0 Å². The fourth-order valence-electron chi connectivity index (χ4n) is 1.68. The molecular weight excluding hydrogens is 228 g/mol. The van der Waals surface area contributed by atoms with Gasteiger partial charge in [-0.15, -0.1) is 0 Å². The van der Waals surface area contributed by atoms with Crippen molar-refractivity contribution in [2.75, 3.05) is 12.4 Å². The molecule has 1 aromatic carbocycles. The van der Waals surface area contributed by atoms with E-state index < -0.39 is 0 Å². The van der Waals surface area contributed by atoms with Gasteiger partial charge < -0.3 is 10.1 Å². The van der Waals surface area contributed by atoms with Crippen molar-refractivity contribution in [3.05, 3.63) is 41.6 Å². The fraction of sp³-hybridized carbons (Fsp3) is 0.231. The van der Waals surface area contributed by atoms with E-state index in [1.807, 2.05) is 25.2 Å². The van der Waals surface area contributed by atoms with Crippen molar-refractivity contribution in [2.45, 2.75) is 6.54 Å². The Morgan fingerprint density at radius 1 is 1.44 bits per heavy atom. The number of hydrogen-bond donors (Lipinski definition) is 1. The van der Waals surface area contributed by atoms with E-state index in [-0.39, 0.29) is 0 Å². The van der Waals surface area contributed by atoms with Crippen LogP contribution in [0.2, 0.25) is 0 Å². The van der Waals surface area contributed by atoms with Gasteiger partial charge in [-0.1, -0.05) is 6.07 Å². The van der Waals surface area contributed by atoms with Gasteiger partial charge in [-0.25, -0.2) is 4.68 Å². The zero-order valence-electron chi connectivity index (χ0n) is 10.3. The average molecular weight is 242 g/mol. The molecule has 18 heavy (non-hydrogen) atoms. The number of nitrogens with zero attached hydrogens (tertiary/aromatic N) is 3. The first-order valence-corrected chi connectivity index (χ1v) is 5.54. The maximum Gasteiger partial charge on any atom is 0.211 e. The van der Waals surface area contributed by atoms with Crippen LogP contribution in [0.15, 0.2) is 30.3 Å². The number of ether oxygens (including phenoxy) is 1. The number of nitrogens with one attached hydrogen (secondary N) is 1. The van der Waals surface area contributed by atoms with Crippen LogP contribution < -0.4 is 10.1 Å². The van der Waals surface area contributed by atoms with Gasteiger partial charge in [0.1, 0.15) is 0 Å². The second kappa shape index (κ2) is 5.23. The molecule has 0 spiro atoms. The molecule has 1 heterocycles. The third-order valence-corrected chi connectivity index (χ3v) is 2.56. The maximum atomic E-state index is 8.81. The van der Waals surface area contributed by atoms with Crippen molar-refractivity contribution in [1.29, 1.82) is 5.26 Å². The molecule has 0 fully saturated rings. The summed E-state index contributed by atoms with van der Waals surface area (Å²) < 4.78 is 6.83. The first-order chi connectivity index (χ1) is 8.72. The standard InChI is InChI=1S/C13H14N4O/c1-17-13(18-2)7-12(16-17)9-15-11-5-3-4-10(6-11)8-14/h3-7,15H,9H2,1-2H3. The highest BCUT2D eigenvalue weighted by atomic mass is 16.5. The monoisotopic (exact) mass is 242 g/mol. The van der Waals surface area contributed by atoms with Crippen LogP contribution in [-0.4, -0.2) is 16.9 Å². The second-order valence-corrected chi connectivity index (χ2v) is 3.85. The van der Waals surface area contributed by atoms with Crippen LogP contribution in [-0.2, 0) is 13.6 Å². The molecular formula is C13H14N4O. The molecule has 2 rings (SSSR count). The van der Waals surface area contributed by atoms with Gasteiger partial charge in [0.2, 0.25) is 5.88 Å². The van der Waals surface area contributed by atoms with Gasteiger partial charge in [-0.05, 0) is 18.2 Å². The summed E-state index contributed by atoms with van der Waals surface area (Å²) in [7, 11) is 3.45. The molecule has 1 aromatic heterocycles. The number of anilines is 1. The summed E-state index contributed by atoms with van der Waals surface area (Å²) in [6.07, 6.45) is 0. The summed E-state index contributed by atoms with van der Waals surface area (Å²) >= 11 is 0. The van der Waals surface area contributed by atoms with Gasteiger partial charge >= 0.3 is 0 Å². The summed E-state index contributed by atoms with van der Waals surface area (Å²) in [6, 6.07) is 11.3. The van der Waals surface area contributed by atoms with Crippen LogP contribution in [0.5, 0.6) is 5.88 Å². The largest absolute Gasteiger partial charge is 0.481 e. The first kappa shape index (κ1) is 12.0. The SMILES string of the molecule is COc1cc(CNc2cccc(C#N)c2)nn1C. The number of benzene rings is 1. The Kier molecular flexibility index (Phi) is 3.49. The lowest BCUT2D eigenvalue weighted by Gasteiger charge is -2.03. The molecule has 0 unspecified atom stereocenters. The van der Waals surface area contributed by atoms with Gasteiger partial charge in [-0.2, -0.15) is 10.4 Å². The van der Waals surface area contributed by atoms with Gasteiger partial charge in [0, 0.05) is 18.8 Å².